The first kappa shape index (κ1) is 15.5. The monoisotopic (exact) mass is 350 g/mol. The lowest BCUT2D eigenvalue weighted by Gasteiger charge is -2.15. The molecule has 3 rings (SSSR count). The van der Waals surface area contributed by atoms with Crippen LogP contribution in [0.3, 0.4) is 0 Å². The summed E-state index contributed by atoms with van der Waals surface area (Å²) in [6.07, 6.45) is 1.68. The Hall–Kier alpha value is -1.44. The summed E-state index contributed by atoms with van der Waals surface area (Å²) in [6.45, 7) is 4.11. The third-order valence-electron chi connectivity index (χ3n) is 3.39. The first-order valence-corrected chi connectivity index (χ1v) is 8.59. The maximum absolute atomic E-state index is 12.6. The van der Waals surface area contributed by atoms with E-state index in [1.165, 1.54) is 11.8 Å². The Balaban J connectivity index is 1.99. The van der Waals surface area contributed by atoms with E-state index in [0.717, 1.165) is 21.4 Å². The second-order valence-electron chi connectivity index (χ2n) is 4.70. The Bertz CT molecular complexity index is 715. The fourth-order valence-corrected chi connectivity index (χ4v) is 4.85. The van der Waals surface area contributed by atoms with Crippen molar-refractivity contribution >= 4 is 51.7 Å². The van der Waals surface area contributed by atoms with Gasteiger partial charge in [-0.05, 0) is 12.1 Å². The van der Waals surface area contributed by atoms with Gasteiger partial charge >= 0.3 is 0 Å². The average molecular weight is 350 g/mol. The van der Waals surface area contributed by atoms with Gasteiger partial charge in [-0.15, -0.1) is 6.58 Å². The number of carbonyl (C=O) groups excluding carboxylic acids is 1. The van der Waals surface area contributed by atoms with Crippen LogP contribution in [0.15, 0.2) is 45.7 Å². The van der Waals surface area contributed by atoms with Gasteiger partial charge in [0.2, 0.25) is 0 Å². The highest BCUT2D eigenvalue weighted by molar-refractivity contribution is 8.27. The minimum atomic E-state index is -0.0518. The van der Waals surface area contributed by atoms with Crippen molar-refractivity contribution in [1.29, 1.82) is 0 Å². The molecule has 1 saturated heterocycles. The van der Waals surface area contributed by atoms with Crippen LogP contribution in [0.1, 0.15) is 0 Å². The number of hydrogen-bond donors (Lipinski definition) is 0. The van der Waals surface area contributed by atoms with Crippen LogP contribution in [0.5, 0.6) is 5.75 Å². The standard InChI is InChI=1S/C15H14N2O2S3/c1-4-7-17-13(18)12(22-15(17)20)14-16(2)10-8-9(19-3)5-6-11(10)21-14/h4-6,8H,1,7H2,2-3H3/b14-12+. The first-order valence-electron chi connectivity index (χ1n) is 6.55. The Morgan fingerprint density at radius 2 is 2.18 bits per heavy atom. The van der Waals surface area contributed by atoms with Gasteiger partial charge in [0.15, 0.2) is 0 Å². The van der Waals surface area contributed by atoms with Crippen molar-refractivity contribution in [3.63, 3.8) is 0 Å². The molecule has 0 radical (unpaired) electrons. The van der Waals surface area contributed by atoms with E-state index in [1.54, 1.807) is 29.8 Å². The smallest absolute Gasteiger partial charge is 0.269 e. The Morgan fingerprint density at radius 1 is 1.41 bits per heavy atom. The van der Waals surface area contributed by atoms with E-state index in [9.17, 15) is 4.79 Å². The Labute approximate surface area is 143 Å². The van der Waals surface area contributed by atoms with Crippen molar-refractivity contribution in [3.05, 3.63) is 40.8 Å². The van der Waals surface area contributed by atoms with E-state index < -0.39 is 0 Å². The zero-order valence-electron chi connectivity index (χ0n) is 12.2. The third-order valence-corrected chi connectivity index (χ3v) is 6.20. The molecular weight excluding hydrogens is 336 g/mol. The lowest BCUT2D eigenvalue weighted by molar-refractivity contribution is -0.121. The quantitative estimate of drug-likeness (QED) is 0.472. The van der Waals surface area contributed by atoms with E-state index in [2.05, 4.69) is 6.58 Å². The van der Waals surface area contributed by atoms with Gasteiger partial charge in [-0.25, -0.2) is 0 Å². The number of fused-ring (bicyclic) bond motifs is 1. The predicted octanol–water partition coefficient (Wildman–Crippen LogP) is 3.45. The number of thiocarbonyl (C=S) groups is 1. The molecule has 0 N–H and O–H groups in total. The summed E-state index contributed by atoms with van der Waals surface area (Å²) in [4.78, 5) is 17.9. The molecule has 2 aliphatic rings. The molecular formula is C15H14N2O2S3. The maximum Gasteiger partial charge on any atom is 0.269 e. The highest BCUT2D eigenvalue weighted by Gasteiger charge is 2.37. The second kappa shape index (κ2) is 5.98. The van der Waals surface area contributed by atoms with E-state index in [4.69, 9.17) is 17.0 Å². The molecule has 0 bridgehead atoms. The number of amides is 1. The van der Waals surface area contributed by atoms with Gasteiger partial charge in [0.25, 0.3) is 5.91 Å². The van der Waals surface area contributed by atoms with Gasteiger partial charge in [0.1, 0.15) is 15.0 Å². The molecule has 0 unspecified atom stereocenters. The molecule has 0 saturated carbocycles. The van der Waals surface area contributed by atoms with Crippen molar-refractivity contribution in [1.82, 2.24) is 4.90 Å². The third kappa shape index (κ3) is 2.43. The van der Waals surface area contributed by atoms with Gasteiger partial charge in [-0.2, -0.15) is 0 Å². The van der Waals surface area contributed by atoms with Crippen LogP contribution in [-0.4, -0.2) is 35.8 Å². The van der Waals surface area contributed by atoms with Crippen LogP contribution in [0.25, 0.3) is 0 Å². The lowest BCUT2D eigenvalue weighted by atomic mass is 10.3. The summed E-state index contributed by atoms with van der Waals surface area (Å²) >= 11 is 8.23. The largest absolute Gasteiger partial charge is 0.497 e. The molecule has 1 amide bonds. The van der Waals surface area contributed by atoms with E-state index >= 15 is 0 Å². The van der Waals surface area contributed by atoms with E-state index in [-0.39, 0.29) is 5.91 Å². The molecule has 22 heavy (non-hydrogen) atoms. The second-order valence-corrected chi connectivity index (χ2v) is 7.38. The van der Waals surface area contributed by atoms with Crippen molar-refractivity contribution in [2.45, 2.75) is 4.90 Å². The summed E-state index contributed by atoms with van der Waals surface area (Å²) in [5, 5.41) is 0.909. The first-order chi connectivity index (χ1) is 10.6. The SMILES string of the molecule is C=CCN1C(=O)/C(=C2\Sc3ccc(OC)cc3N2C)SC1=S. The number of thioether (sulfide) groups is 2. The number of ether oxygens (including phenoxy) is 1. The summed E-state index contributed by atoms with van der Waals surface area (Å²) in [5.41, 5.74) is 1.04. The maximum atomic E-state index is 12.6. The van der Waals surface area contributed by atoms with Gasteiger partial charge < -0.3 is 9.64 Å². The highest BCUT2D eigenvalue weighted by atomic mass is 32.2. The van der Waals surface area contributed by atoms with Crippen molar-refractivity contribution in [2.75, 3.05) is 25.6 Å². The molecule has 1 aromatic carbocycles. The van der Waals surface area contributed by atoms with Crippen LogP contribution in [-0.2, 0) is 4.79 Å². The number of methoxy groups -OCH3 is 1. The normalized spacial score (nSPS) is 20.6. The average Bonchev–Trinajstić information content (AvgIpc) is 2.99. The highest BCUT2D eigenvalue weighted by Crippen LogP contribution is 2.50. The molecule has 1 fully saturated rings. The Morgan fingerprint density at radius 3 is 2.86 bits per heavy atom. The van der Waals surface area contributed by atoms with Crippen molar-refractivity contribution in [2.24, 2.45) is 0 Å². The summed E-state index contributed by atoms with van der Waals surface area (Å²) in [6, 6.07) is 5.90. The number of hydrogen-bond acceptors (Lipinski definition) is 6. The van der Waals surface area contributed by atoms with E-state index in [0.29, 0.717) is 15.8 Å². The minimum absolute atomic E-state index is 0.0518. The molecule has 0 aliphatic carbocycles. The number of benzene rings is 1. The zero-order valence-corrected chi connectivity index (χ0v) is 14.6. The molecule has 0 spiro atoms. The molecule has 0 aromatic heterocycles. The van der Waals surface area contributed by atoms with Crippen LogP contribution in [0.2, 0.25) is 0 Å². The van der Waals surface area contributed by atoms with Crippen molar-refractivity contribution < 1.29 is 9.53 Å². The number of carbonyl (C=O) groups is 1. The number of rotatable bonds is 3. The number of nitrogens with zero attached hydrogens (tertiary/aromatic N) is 2. The lowest BCUT2D eigenvalue weighted by Crippen LogP contribution is -2.28. The fraction of sp³-hybridized carbons (Fsp3) is 0.200. The van der Waals surface area contributed by atoms with E-state index in [1.807, 2.05) is 30.1 Å². The van der Waals surface area contributed by atoms with Crippen LogP contribution in [0, 0.1) is 0 Å². The van der Waals surface area contributed by atoms with Crippen molar-refractivity contribution in [3.8, 4) is 5.75 Å². The van der Waals surface area contributed by atoms with Gasteiger partial charge in [-0.3, -0.25) is 9.69 Å². The molecule has 114 valence electrons. The van der Waals surface area contributed by atoms with Crippen LogP contribution >= 0.6 is 35.7 Å². The summed E-state index contributed by atoms with van der Waals surface area (Å²) in [7, 11) is 3.60. The molecule has 2 aliphatic heterocycles. The van der Waals surface area contributed by atoms with Crippen LogP contribution in [0.4, 0.5) is 5.69 Å². The fourth-order valence-electron chi connectivity index (χ4n) is 2.27. The van der Waals surface area contributed by atoms with Gasteiger partial charge in [-0.1, -0.05) is 41.8 Å². The molecule has 1 aromatic rings. The summed E-state index contributed by atoms with van der Waals surface area (Å²) in [5.74, 6) is 0.746. The number of anilines is 1. The predicted molar refractivity (Wildman–Crippen MR) is 96.4 cm³/mol. The minimum Gasteiger partial charge on any atom is -0.497 e. The topological polar surface area (TPSA) is 32.8 Å². The van der Waals surface area contributed by atoms with Gasteiger partial charge in [0, 0.05) is 24.6 Å². The van der Waals surface area contributed by atoms with Crippen LogP contribution < -0.4 is 9.64 Å². The Kier molecular flexibility index (Phi) is 4.20. The summed E-state index contributed by atoms with van der Waals surface area (Å²) < 4.78 is 5.85. The molecule has 4 nitrogen and oxygen atoms in total. The molecule has 2 heterocycles. The zero-order chi connectivity index (χ0) is 15.9. The molecule has 0 atom stereocenters. The molecule has 7 heteroatoms. The van der Waals surface area contributed by atoms with Gasteiger partial charge in [0.05, 0.1) is 17.8 Å².